The van der Waals surface area contributed by atoms with Gasteiger partial charge in [-0.15, -0.1) is 6.58 Å². The lowest BCUT2D eigenvalue weighted by atomic mass is 9.96. The fourth-order valence-electron chi connectivity index (χ4n) is 1.93. The van der Waals surface area contributed by atoms with E-state index in [0.29, 0.717) is 12.3 Å². The van der Waals surface area contributed by atoms with Crippen molar-refractivity contribution in [2.24, 2.45) is 5.92 Å². The number of hydrogen-bond acceptors (Lipinski definition) is 1. The highest BCUT2D eigenvalue weighted by atomic mass is 14.2. The predicted molar refractivity (Wildman–Crippen MR) is 75.7 cm³/mol. The van der Waals surface area contributed by atoms with Crippen LogP contribution in [0.25, 0.3) is 0 Å². The molecule has 0 rings (SSSR count). The van der Waals surface area contributed by atoms with Crippen molar-refractivity contribution in [3.63, 3.8) is 0 Å². The number of rotatable bonds is 11. The first kappa shape index (κ1) is 16.0. The number of nitriles is 1. The van der Waals surface area contributed by atoms with Crippen LogP contribution in [0.1, 0.15) is 64.7 Å². The second-order valence-corrected chi connectivity index (χ2v) is 4.61. The van der Waals surface area contributed by atoms with Gasteiger partial charge in [0.15, 0.2) is 0 Å². The van der Waals surface area contributed by atoms with Crippen molar-refractivity contribution in [2.75, 3.05) is 0 Å². The van der Waals surface area contributed by atoms with Gasteiger partial charge < -0.3 is 0 Å². The number of unbranched alkanes of at least 4 members (excludes halogenated alkanes) is 5. The van der Waals surface area contributed by atoms with Crippen LogP contribution in [0, 0.1) is 17.2 Å². The Labute approximate surface area is 107 Å². The van der Waals surface area contributed by atoms with Gasteiger partial charge in [-0.25, -0.2) is 0 Å². The van der Waals surface area contributed by atoms with Crippen molar-refractivity contribution in [2.45, 2.75) is 64.7 Å². The molecule has 0 fully saturated rings. The first-order valence-corrected chi connectivity index (χ1v) is 6.99. The van der Waals surface area contributed by atoms with Crippen molar-refractivity contribution < 1.29 is 0 Å². The topological polar surface area (TPSA) is 23.8 Å². The Bertz CT molecular complexity index is 234. The van der Waals surface area contributed by atoms with Crippen LogP contribution in [0.3, 0.4) is 0 Å². The average molecular weight is 233 g/mol. The van der Waals surface area contributed by atoms with E-state index in [-0.39, 0.29) is 0 Å². The van der Waals surface area contributed by atoms with E-state index in [9.17, 15) is 0 Å². The van der Waals surface area contributed by atoms with E-state index in [1.54, 1.807) is 0 Å². The van der Waals surface area contributed by atoms with Crippen LogP contribution in [0.5, 0.6) is 0 Å². The summed E-state index contributed by atoms with van der Waals surface area (Å²) in [6, 6.07) is 2.18. The molecule has 0 aliphatic carbocycles. The van der Waals surface area contributed by atoms with Gasteiger partial charge in [0.2, 0.25) is 0 Å². The fraction of sp³-hybridized carbons (Fsp3) is 0.688. The van der Waals surface area contributed by atoms with Gasteiger partial charge in [0.05, 0.1) is 6.07 Å². The summed E-state index contributed by atoms with van der Waals surface area (Å²) in [7, 11) is 0. The Morgan fingerprint density at radius 1 is 1.24 bits per heavy atom. The van der Waals surface area contributed by atoms with Crippen molar-refractivity contribution >= 4 is 0 Å². The van der Waals surface area contributed by atoms with Crippen LogP contribution in [0.2, 0.25) is 0 Å². The van der Waals surface area contributed by atoms with E-state index in [2.05, 4.69) is 31.7 Å². The predicted octanol–water partition coefficient (Wildman–Crippen LogP) is 5.40. The van der Waals surface area contributed by atoms with Gasteiger partial charge in [-0.2, -0.15) is 5.26 Å². The SMILES string of the molecule is C=CCC(/C=C\CCCC#N)CCCCCC. The van der Waals surface area contributed by atoms with Crippen LogP contribution < -0.4 is 0 Å². The number of nitrogens with zero attached hydrogens (tertiary/aromatic N) is 1. The second kappa shape index (κ2) is 13.0. The highest BCUT2D eigenvalue weighted by molar-refractivity contribution is 4.92. The molecule has 0 heterocycles. The third-order valence-electron chi connectivity index (χ3n) is 2.97. The van der Waals surface area contributed by atoms with Gasteiger partial charge in [0.1, 0.15) is 0 Å². The largest absolute Gasteiger partial charge is 0.198 e. The molecule has 0 N–H and O–H groups in total. The van der Waals surface area contributed by atoms with Gasteiger partial charge in [0.25, 0.3) is 0 Å². The fourth-order valence-corrected chi connectivity index (χ4v) is 1.93. The van der Waals surface area contributed by atoms with E-state index in [0.717, 1.165) is 19.3 Å². The zero-order valence-corrected chi connectivity index (χ0v) is 11.3. The highest BCUT2D eigenvalue weighted by Crippen LogP contribution is 2.17. The monoisotopic (exact) mass is 233 g/mol. The van der Waals surface area contributed by atoms with Gasteiger partial charge in [-0.05, 0) is 31.6 Å². The molecule has 96 valence electrons. The molecule has 0 aromatic heterocycles. The Morgan fingerprint density at radius 3 is 2.71 bits per heavy atom. The molecular formula is C16H27N. The maximum atomic E-state index is 8.44. The van der Waals surface area contributed by atoms with E-state index in [1.807, 2.05) is 6.08 Å². The van der Waals surface area contributed by atoms with Crippen LogP contribution in [-0.2, 0) is 0 Å². The van der Waals surface area contributed by atoms with Crippen molar-refractivity contribution in [1.29, 1.82) is 5.26 Å². The summed E-state index contributed by atoms with van der Waals surface area (Å²) in [6.07, 6.45) is 17.0. The van der Waals surface area contributed by atoms with Crippen LogP contribution in [0.15, 0.2) is 24.8 Å². The molecule has 0 aromatic rings. The summed E-state index contributed by atoms with van der Waals surface area (Å²) < 4.78 is 0. The Hall–Kier alpha value is -1.03. The second-order valence-electron chi connectivity index (χ2n) is 4.61. The average Bonchev–Trinajstić information content (AvgIpc) is 2.34. The Kier molecular flexibility index (Phi) is 12.2. The van der Waals surface area contributed by atoms with Crippen LogP contribution >= 0.6 is 0 Å². The van der Waals surface area contributed by atoms with Gasteiger partial charge in [0, 0.05) is 6.42 Å². The first-order valence-electron chi connectivity index (χ1n) is 6.99. The molecule has 0 saturated carbocycles. The maximum absolute atomic E-state index is 8.44. The minimum atomic E-state index is 0.659. The molecule has 0 radical (unpaired) electrons. The molecular weight excluding hydrogens is 206 g/mol. The van der Waals surface area contributed by atoms with Crippen LogP contribution in [-0.4, -0.2) is 0 Å². The summed E-state index contributed by atoms with van der Waals surface area (Å²) in [4.78, 5) is 0. The van der Waals surface area contributed by atoms with Crippen LogP contribution in [0.4, 0.5) is 0 Å². The maximum Gasteiger partial charge on any atom is 0.0621 e. The van der Waals surface area contributed by atoms with E-state index >= 15 is 0 Å². The van der Waals surface area contributed by atoms with Gasteiger partial charge >= 0.3 is 0 Å². The lowest BCUT2D eigenvalue weighted by molar-refractivity contribution is 0.533. The molecule has 1 heteroatoms. The third kappa shape index (κ3) is 11.2. The van der Waals surface area contributed by atoms with Gasteiger partial charge in [-0.1, -0.05) is 50.8 Å². The lowest BCUT2D eigenvalue weighted by Crippen LogP contribution is -1.95. The number of hydrogen-bond donors (Lipinski definition) is 0. The summed E-state index contributed by atoms with van der Waals surface area (Å²) in [5.41, 5.74) is 0. The molecule has 0 aromatic carbocycles. The molecule has 0 bridgehead atoms. The highest BCUT2D eigenvalue weighted by Gasteiger charge is 2.01. The van der Waals surface area contributed by atoms with E-state index in [4.69, 9.17) is 5.26 Å². The molecule has 0 spiro atoms. The summed E-state index contributed by atoms with van der Waals surface area (Å²) in [6.45, 7) is 6.07. The molecule has 1 nitrogen and oxygen atoms in total. The van der Waals surface area contributed by atoms with Crippen molar-refractivity contribution in [3.8, 4) is 6.07 Å². The minimum Gasteiger partial charge on any atom is -0.198 e. The summed E-state index contributed by atoms with van der Waals surface area (Å²) in [5.74, 6) is 0.659. The molecule has 1 atom stereocenters. The number of allylic oxidation sites excluding steroid dienone is 3. The van der Waals surface area contributed by atoms with Crippen molar-refractivity contribution in [1.82, 2.24) is 0 Å². The van der Waals surface area contributed by atoms with Gasteiger partial charge in [-0.3, -0.25) is 0 Å². The van der Waals surface area contributed by atoms with E-state index in [1.165, 1.54) is 32.1 Å². The normalized spacial score (nSPS) is 12.5. The molecule has 0 amide bonds. The Balaban J connectivity index is 3.72. The lowest BCUT2D eigenvalue weighted by Gasteiger charge is -2.09. The smallest absolute Gasteiger partial charge is 0.0621 e. The molecule has 0 aliphatic heterocycles. The zero-order chi connectivity index (χ0) is 12.8. The summed E-state index contributed by atoms with van der Waals surface area (Å²) >= 11 is 0. The molecule has 0 aliphatic rings. The standard InChI is InChI=1S/C16H27N/c1-3-5-6-9-13-16(12-4-2)14-10-7-8-11-15-17/h4,10,14,16H,2-3,5-9,11-13H2,1H3/b14-10-. The van der Waals surface area contributed by atoms with E-state index < -0.39 is 0 Å². The summed E-state index contributed by atoms with van der Waals surface area (Å²) in [5, 5.41) is 8.44. The quantitative estimate of drug-likeness (QED) is 0.346. The Morgan fingerprint density at radius 2 is 2.06 bits per heavy atom. The molecule has 0 saturated heterocycles. The van der Waals surface area contributed by atoms with Crippen molar-refractivity contribution in [3.05, 3.63) is 24.8 Å². The zero-order valence-electron chi connectivity index (χ0n) is 11.3. The molecule has 1 unspecified atom stereocenters. The minimum absolute atomic E-state index is 0.659. The third-order valence-corrected chi connectivity index (χ3v) is 2.97. The first-order chi connectivity index (χ1) is 8.35. The molecule has 17 heavy (non-hydrogen) atoms.